The first-order valence-corrected chi connectivity index (χ1v) is 6.14. The molecule has 0 amide bonds. The number of rotatable bonds is 3. The van der Waals surface area contributed by atoms with Gasteiger partial charge in [-0.05, 0) is 13.8 Å². The largest absolute Gasteiger partial charge is 0.383 e. The van der Waals surface area contributed by atoms with Crippen LogP contribution in [0.2, 0.25) is 0 Å². The van der Waals surface area contributed by atoms with Crippen LogP contribution in [0.15, 0.2) is 11.8 Å². The molecule has 2 N–H and O–H groups in total. The summed E-state index contributed by atoms with van der Waals surface area (Å²) >= 11 is 1.66. The van der Waals surface area contributed by atoms with Crippen molar-refractivity contribution in [1.82, 2.24) is 15.0 Å². The Balaban J connectivity index is 2.23. The number of nitrogens with two attached hydrogens (primary N) is 1. The smallest absolute Gasteiger partial charge is 0.137 e. The van der Waals surface area contributed by atoms with Crippen LogP contribution in [-0.2, 0) is 6.54 Å². The first-order valence-electron chi connectivity index (χ1n) is 5.26. The normalized spacial score (nSPS) is 10.5. The van der Waals surface area contributed by atoms with Crippen LogP contribution >= 0.6 is 11.3 Å². The lowest BCUT2D eigenvalue weighted by molar-refractivity contribution is 0.887. The highest BCUT2D eigenvalue weighted by Crippen LogP contribution is 2.22. The van der Waals surface area contributed by atoms with Crippen molar-refractivity contribution in [3.8, 4) is 0 Å². The molecule has 2 aromatic heterocycles. The van der Waals surface area contributed by atoms with E-state index in [2.05, 4.69) is 19.9 Å². The van der Waals surface area contributed by atoms with Gasteiger partial charge in [0.05, 0.1) is 17.7 Å². The monoisotopic (exact) mass is 249 g/mol. The van der Waals surface area contributed by atoms with Crippen LogP contribution in [0.5, 0.6) is 0 Å². The predicted octanol–water partition coefficient (Wildman–Crippen LogP) is 1.77. The van der Waals surface area contributed by atoms with E-state index >= 15 is 0 Å². The second kappa shape index (κ2) is 4.67. The Morgan fingerprint density at radius 1 is 1.29 bits per heavy atom. The van der Waals surface area contributed by atoms with Crippen molar-refractivity contribution in [3.63, 3.8) is 0 Å². The van der Waals surface area contributed by atoms with Crippen molar-refractivity contribution in [2.24, 2.45) is 0 Å². The van der Waals surface area contributed by atoms with E-state index in [4.69, 9.17) is 5.73 Å². The summed E-state index contributed by atoms with van der Waals surface area (Å²) in [5.74, 6) is 1.40. The Kier molecular flexibility index (Phi) is 3.23. The average molecular weight is 249 g/mol. The van der Waals surface area contributed by atoms with Crippen LogP contribution in [0.4, 0.5) is 11.6 Å². The Hall–Kier alpha value is -1.69. The standard InChI is InChI=1S/C11H15N5S/c1-7-10(12)13-5-14-11(7)16(3)4-9-8(2)15-6-17-9/h5-6H,4H2,1-3H3,(H2,12,13,14). The number of aromatic nitrogens is 3. The summed E-state index contributed by atoms with van der Waals surface area (Å²) in [5, 5.41) is 0. The van der Waals surface area contributed by atoms with E-state index in [-0.39, 0.29) is 0 Å². The van der Waals surface area contributed by atoms with Gasteiger partial charge in [0.15, 0.2) is 0 Å². The zero-order valence-corrected chi connectivity index (χ0v) is 11.0. The summed E-state index contributed by atoms with van der Waals surface area (Å²) in [5.41, 5.74) is 9.62. The van der Waals surface area contributed by atoms with Gasteiger partial charge in [0, 0.05) is 17.5 Å². The molecule has 5 nitrogen and oxygen atoms in total. The van der Waals surface area contributed by atoms with E-state index in [1.807, 2.05) is 26.4 Å². The third-order valence-electron chi connectivity index (χ3n) is 2.68. The number of hydrogen-bond donors (Lipinski definition) is 1. The molecule has 0 radical (unpaired) electrons. The molecule has 0 aliphatic carbocycles. The van der Waals surface area contributed by atoms with Crippen LogP contribution in [0, 0.1) is 13.8 Å². The molecule has 6 heteroatoms. The third-order valence-corrected chi connectivity index (χ3v) is 3.60. The maximum absolute atomic E-state index is 5.77. The van der Waals surface area contributed by atoms with Crippen molar-refractivity contribution < 1.29 is 0 Å². The molecule has 2 rings (SSSR count). The van der Waals surface area contributed by atoms with Gasteiger partial charge >= 0.3 is 0 Å². The van der Waals surface area contributed by atoms with Gasteiger partial charge in [-0.3, -0.25) is 0 Å². The van der Waals surface area contributed by atoms with E-state index in [0.717, 1.165) is 23.6 Å². The minimum Gasteiger partial charge on any atom is -0.383 e. The average Bonchev–Trinajstić information content (AvgIpc) is 2.68. The SMILES string of the molecule is Cc1ncsc1CN(C)c1ncnc(N)c1C. The van der Waals surface area contributed by atoms with Gasteiger partial charge < -0.3 is 10.6 Å². The lowest BCUT2D eigenvalue weighted by atomic mass is 10.3. The Morgan fingerprint density at radius 3 is 2.71 bits per heavy atom. The number of thiazole rings is 1. The van der Waals surface area contributed by atoms with Crippen LogP contribution in [0.1, 0.15) is 16.1 Å². The summed E-state index contributed by atoms with van der Waals surface area (Å²) in [4.78, 5) is 15.8. The fourth-order valence-electron chi connectivity index (χ4n) is 1.61. The van der Waals surface area contributed by atoms with Gasteiger partial charge in [-0.25, -0.2) is 15.0 Å². The molecule has 0 aliphatic heterocycles. The molecule has 0 atom stereocenters. The first kappa shape index (κ1) is 11.8. The van der Waals surface area contributed by atoms with Crippen molar-refractivity contribution in [1.29, 1.82) is 0 Å². The van der Waals surface area contributed by atoms with E-state index in [1.165, 1.54) is 11.2 Å². The molecule has 0 unspecified atom stereocenters. The molecule has 0 spiro atoms. The quantitative estimate of drug-likeness (QED) is 0.898. The van der Waals surface area contributed by atoms with E-state index in [0.29, 0.717) is 5.82 Å². The Labute approximate surface area is 104 Å². The molecular formula is C11H15N5S. The van der Waals surface area contributed by atoms with Crippen LogP contribution in [0.3, 0.4) is 0 Å². The minimum atomic E-state index is 0.530. The lowest BCUT2D eigenvalue weighted by Crippen LogP contribution is -2.19. The summed E-state index contributed by atoms with van der Waals surface area (Å²) < 4.78 is 0. The first-order chi connectivity index (χ1) is 8.09. The molecule has 2 heterocycles. The molecule has 90 valence electrons. The van der Waals surface area contributed by atoms with Gasteiger partial charge in [-0.15, -0.1) is 11.3 Å². The maximum Gasteiger partial charge on any atom is 0.137 e. The second-order valence-corrected chi connectivity index (χ2v) is 4.86. The number of anilines is 2. The third kappa shape index (κ3) is 2.36. The summed E-state index contributed by atoms with van der Waals surface area (Å²) in [7, 11) is 1.99. The van der Waals surface area contributed by atoms with Crippen LogP contribution in [0.25, 0.3) is 0 Å². The maximum atomic E-state index is 5.77. The molecule has 0 fully saturated rings. The molecule has 0 bridgehead atoms. The Bertz CT molecular complexity index is 522. The number of nitrogen functional groups attached to an aromatic ring is 1. The van der Waals surface area contributed by atoms with Crippen molar-refractivity contribution in [2.45, 2.75) is 20.4 Å². The van der Waals surface area contributed by atoms with Crippen LogP contribution in [-0.4, -0.2) is 22.0 Å². The van der Waals surface area contributed by atoms with Crippen LogP contribution < -0.4 is 10.6 Å². The highest BCUT2D eigenvalue weighted by molar-refractivity contribution is 7.09. The fourth-order valence-corrected chi connectivity index (χ4v) is 2.44. The predicted molar refractivity (Wildman–Crippen MR) is 70.1 cm³/mol. The zero-order valence-electron chi connectivity index (χ0n) is 10.1. The van der Waals surface area contributed by atoms with E-state index in [9.17, 15) is 0 Å². The number of hydrogen-bond acceptors (Lipinski definition) is 6. The number of nitrogens with zero attached hydrogens (tertiary/aromatic N) is 4. The molecule has 17 heavy (non-hydrogen) atoms. The van der Waals surface area contributed by atoms with Gasteiger partial charge in [0.2, 0.25) is 0 Å². The molecule has 2 aromatic rings. The zero-order chi connectivity index (χ0) is 12.4. The second-order valence-electron chi connectivity index (χ2n) is 3.92. The van der Waals surface area contributed by atoms with Gasteiger partial charge in [0.25, 0.3) is 0 Å². The Morgan fingerprint density at radius 2 is 2.06 bits per heavy atom. The summed E-state index contributed by atoms with van der Waals surface area (Å²) in [6, 6.07) is 0. The topological polar surface area (TPSA) is 67.9 Å². The fraction of sp³-hybridized carbons (Fsp3) is 0.364. The van der Waals surface area contributed by atoms with Crippen molar-refractivity contribution >= 4 is 23.0 Å². The lowest BCUT2D eigenvalue weighted by Gasteiger charge is -2.19. The number of aryl methyl sites for hydroxylation is 1. The molecular weight excluding hydrogens is 234 g/mol. The highest BCUT2D eigenvalue weighted by Gasteiger charge is 2.11. The minimum absolute atomic E-state index is 0.530. The van der Waals surface area contributed by atoms with Gasteiger partial charge in [0.1, 0.15) is 18.0 Å². The molecule has 0 saturated heterocycles. The van der Waals surface area contributed by atoms with Gasteiger partial charge in [-0.1, -0.05) is 0 Å². The van der Waals surface area contributed by atoms with E-state index < -0.39 is 0 Å². The summed E-state index contributed by atoms with van der Waals surface area (Å²) in [6.45, 7) is 4.73. The molecule has 0 aliphatic rings. The molecule has 0 saturated carbocycles. The summed E-state index contributed by atoms with van der Waals surface area (Å²) in [6.07, 6.45) is 1.49. The van der Waals surface area contributed by atoms with Crippen molar-refractivity contribution in [3.05, 3.63) is 28.0 Å². The highest BCUT2D eigenvalue weighted by atomic mass is 32.1. The molecule has 0 aromatic carbocycles. The van der Waals surface area contributed by atoms with Crippen molar-refractivity contribution in [2.75, 3.05) is 17.7 Å². The van der Waals surface area contributed by atoms with Gasteiger partial charge in [-0.2, -0.15) is 0 Å². The van der Waals surface area contributed by atoms with E-state index in [1.54, 1.807) is 11.3 Å².